The number of carbonyl (C=O) groups excluding carboxylic acids is 1. The molecule has 116 valence electrons. The molecule has 0 radical (unpaired) electrons. The van der Waals surface area contributed by atoms with E-state index >= 15 is 0 Å². The van der Waals surface area contributed by atoms with Crippen molar-refractivity contribution in [3.05, 3.63) is 59.7 Å². The van der Waals surface area contributed by atoms with Gasteiger partial charge in [-0.1, -0.05) is 30.3 Å². The summed E-state index contributed by atoms with van der Waals surface area (Å²) in [6.07, 6.45) is 0.887. The Kier molecular flexibility index (Phi) is 3.85. The number of fused-ring (bicyclic) bond motifs is 1. The van der Waals surface area contributed by atoms with Crippen molar-refractivity contribution in [2.45, 2.75) is 13.0 Å². The van der Waals surface area contributed by atoms with E-state index in [4.69, 9.17) is 9.84 Å². The van der Waals surface area contributed by atoms with Crippen LogP contribution in [-0.4, -0.2) is 23.1 Å². The van der Waals surface area contributed by atoms with Gasteiger partial charge in [-0.25, -0.2) is 4.79 Å². The van der Waals surface area contributed by atoms with Crippen molar-refractivity contribution in [1.82, 2.24) is 0 Å². The summed E-state index contributed by atoms with van der Waals surface area (Å²) in [5.74, 6) is -0.681. The zero-order valence-electron chi connectivity index (χ0n) is 12.4. The number of amides is 1. The van der Waals surface area contributed by atoms with E-state index in [2.05, 4.69) is 5.32 Å². The largest absolute Gasteiger partial charge is 0.479 e. The van der Waals surface area contributed by atoms with Crippen LogP contribution in [0.5, 0.6) is 5.75 Å². The molecule has 1 amide bonds. The van der Waals surface area contributed by atoms with Crippen LogP contribution in [0.2, 0.25) is 0 Å². The lowest BCUT2D eigenvalue weighted by Crippen LogP contribution is -2.22. The monoisotopic (exact) mass is 309 g/mol. The van der Waals surface area contributed by atoms with Crippen LogP contribution in [0.3, 0.4) is 0 Å². The molecule has 0 saturated heterocycles. The van der Waals surface area contributed by atoms with E-state index in [1.54, 1.807) is 30.3 Å². The minimum Gasteiger partial charge on any atom is -0.479 e. The molecular formula is C18H15NO4. The molecule has 0 aliphatic carbocycles. The average molecular weight is 309 g/mol. The highest BCUT2D eigenvalue weighted by atomic mass is 16.5. The second-order valence-corrected chi connectivity index (χ2v) is 5.23. The van der Waals surface area contributed by atoms with Gasteiger partial charge in [0.15, 0.2) is 6.10 Å². The van der Waals surface area contributed by atoms with Gasteiger partial charge in [0.1, 0.15) is 5.75 Å². The zero-order chi connectivity index (χ0) is 16.4. The number of hydrogen-bond acceptors (Lipinski definition) is 3. The second-order valence-electron chi connectivity index (χ2n) is 5.23. The van der Waals surface area contributed by atoms with Crippen molar-refractivity contribution >= 4 is 29.2 Å². The number of rotatable bonds is 4. The number of hydrogen-bond donors (Lipinski definition) is 2. The van der Waals surface area contributed by atoms with Crippen molar-refractivity contribution in [2.24, 2.45) is 0 Å². The molecule has 0 fully saturated rings. The van der Waals surface area contributed by atoms with Crippen LogP contribution in [0.1, 0.15) is 18.1 Å². The molecule has 1 aliphatic rings. The maximum atomic E-state index is 12.1. The van der Waals surface area contributed by atoms with Crippen molar-refractivity contribution in [3.8, 4) is 5.75 Å². The highest BCUT2D eigenvalue weighted by Crippen LogP contribution is 2.32. The summed E-state index contributed by atoms with van der Waals surface area (Å²) in [5, 5.41) is 11.7. The molecule has 5 nitrogen and oxygen atoms in total. The molecule has 0 spiro atoms. The molecule has 1 heterocycles. The Labute approximate surface area is 133 Å². The fourth-order valence-corrected chi connectivity index (χ4v) is 2.35. The van der Waals surface area contributed by atoms with Crippen LogP contribution in [0.25, 0.3) is 11.6 Å². The minimum absolute atomic E-state index is 0.133. The highest BCUT2D eigenvalue weighted by molar-refractivity contribution is 6.34. The third-order valence-electron chi connectivity index (χ3n) is 3.56. The molecule has 23 heavy (non-hydrogen) atoms. The normalized spacial score (nSPS) is 15.9. The standard InChI is InChI=1S/C18H15NO4/c1-11(18(21)22)23-13-8-6-12(7-9-13)10-15-14-4-2-3-5-16(14)19-17(15)20/h2-11H,1H3,(H,19,20)(H,21,22)/b15-10-. The molecule has 2 aromatic rings. The number of benzene rings is 2. The predicted octanol–water partition coefficient (Wildman–Crippen LogP) is 3.03. The van der Waals surface area contributed by atoms with Crippen molar-refractivity contribution in [1.29, 1.82) is 0 Å². The molecule has 2 aromatic carbocycles. The van der Waals surface area contributed by atoms with E-state index < -0.39 is 12.1 Å². The van der Waals surface area contributed by atoms with E-state index in [-0.39, 0.29) is 5.91 Å². The molecule has 3 rings (SSSR count). The van der Waals surface area contributed by atoms with Crippen LogP contribution >= 0.6 is 0 Å². The summed E-state index contributed by atoms with van der Waals surface area (Å²) in [6, 6.07) is 14.4. The summed E-state index contributed by atoms with van der Waals surface area (Å²) in [4.78, 5) is 22.8. The number of carboxylic acids is 1. The Hall–Kier alpha value is -3.08. The molecule has 0 saturated carbocycles. The van der Waals surface area contributed by atoms with Gasteiger partial charge in [0.2, 0.25) is 0 Å². The number of aliphatic carboxylic acids is 1. The topological polar surface area (TPSA) is 75.6 Å². The average Bonchev–Trinajstić information content (AvgIpc) is 2.85. The SMILES string of the molecule is CC(Oc1ccc(/C=C2\C(=O)Nc3ccccc32)cc1)C(=O)O. The summed E-state index contributed by atoms with van der Waals surface area (Å²) in [5.41, 5.74) is 3.12. The first kappa shape index (κ1) is 14.8. The smallest absolute Gasteiger partial charge is 0.344 e. The third kappa shape index (κ3) is 3.08. The van der Waals surface area contributed by atoms with Crippen LogP contribution in [-0.2, 0) is 9.59 Å². The Morgan fingerprint density at radius 2 is 1.87 bits per heavy atom. The van der Waals surface area contributed by atoms with Crippen molar-refractivity contribution in [3.63, 3.8) is 0 Å². The fourth-order valence-electron chi connectivity index (χ4n) is 2.35. The van der Waals surface area contributed by atoms with E-state index in [0.717, 1.165) is 16.8 Å². The lowest BCUT2D eigenvalue weighted by molar-refractivity contribution is -0.144. The lowest BCUT2D eigenvalue weighted by atomic mass is 10.0. The molecular weight excluding hydrogens is 294 g/mol. The second kappa shape index (κ2) is 5.96. The Morgan fingerprint density at radius 3 is 2.57 bits per heavy atom. The number of carboxylic acid groups (broad SMARTS) is 1. The molecule has 1 unspecified atom stereocenters. The van der Waals surface area contributed by atoms with Gasteiger partial charge in [0, 0.05) is 16.8 Å². The van der Waals surface area contributed by atoms with E-state index in [9.17, 15) is 9.59 Å². The molecule has 0 aromatic heterocycles. The van der Waals surface area contributed by atoms with E-state index in [1.807, 2.05) is 24.3 Å². The molecule has 0 bridgehead atoms. The van der Waals surface area contributed by atoms with Crippen LogP contribution in [0, 0.1) is 0 Å². The highest BCUT2D eigenvalue weighted by Gasteiger charge is 2.23. The Morgan fingerprint density at radius 1 is 1.17 bits per heavy atom. The molecule has 1 atom stereocenters. The maximum Gasteiger partial charge on any atom is 0.344 e. The van der Waals surface area contributed by atoms with Gasteiger partial charge in [-0.2, -0.15) is 0 Å². The number of carbonyl (C=O) groups is 2. The summed E-state index contributed by atoms with van der Waals surface area (Å²) in [7, 11) is 0. The first-order valence-electron chi connectivity index (χ1n) is 7.16. The number of ether oxygens (including phenoxy) is 1. The quantitative estimate of drug-likeness (QED) is 0.851. The molecule has 2 N–H and O–H groups in total. The zero-order valence-corrected chi connectivity index (χ0v) is 12.4. The first-order chi connectivity index (χ1) is 11.0. The number of para-hydroxylation sites is 1. The van der Waals surface area contributed by atoms with Crippen LogP contribution < -0.4 is 10.1 Å². The maximum absolute atomic E-state index is 12.1. The Balaban J connectivity index is 1.83. The van der Waals surface area contributed by atoms with E-state index in [0.29, 0.717) is 11.3 Å². The van der Waals surface area contributed by atoms with Gasteiger partial charge in [-0.05, 0) is 36.8 Å². The fraction of sp³-hybridized carbons (Fsp3) is 0.111. The minimum atomic E-state index is -1.02. The van der Waals surface area contributed by atoms with Crippen LogP contribution in [0.15, 0.2) is 48.5 Å². The van der Waals surface area contributed by atoms with Gasteiger partial charge >= 0.3 is 5.97 Å². The number of anilines is 1. The summed E-state index contributed by atoms with van der Waals surface area (Å²) < 4.78 is 5.28. The van der Waals surface area contributed by atoms with Crippen LogP contribution in [0.4, 0.5) is 5.69 Å². The summed E-state index contributed by atoms with van der Waals surface area (Å²) in [6.45, 7) is 1.47. The van der Waals surface area contributed by atoms with Crippen molar-refractivity contribution in [2.75, 3.05) is 5.32 Å². The first-order valence-corrected chi connectivity index (χ1v) is 7.16. The predicted molar refractivity (Wildman–Crippen MR) is 87.1 cm³/mol. The van der Waals surface area contributed by atoms with Gasteiger partial charge in [-0.15, -0.1) is 0 Å². The van der Waals surface area contributed by atoms with Crippen molar-refractivity contribution < 1.29 is 19.4 Å². The number of nitrogens with one attached hydrogen (secondary N) is 1. The van der Waals surface area contributed by atoms with Gasteiger partial charge in [0.05, 0.1) is 0 Å². The van der Waals surface area contributed by atoms with Gasteiger partial charge in [-0.3, -0.25) is 4.79 Å². The van der Waals surface area contributed by atoms with Gasteiger partial charge < -0.3 is 15.2 Å². The van der Waals surface area contributed by atoms with Gasteiger partial charge in [0.25, 0.3) is 5.91 Å². The lowest BCUT2D eigenvalue weighted by Gasteiger charge is -2.10. The Bertz CT molecular complexity index is 793. The molecule has 1 aliphatic heterocycles. The third-order valence-corrected chi connectivity index (χ3v) is 3.56. The molecule has 5 heteroatoms. The summed E-state index contributed by atoms with van der Waals surface area (Å²) >= 11 is 0. The van der Waals surface area contributed by atoms with E-state index in [1.165, 1.54) is 6.92 Å².